The second-order valence-corrected chi connectivity index (χ2v) is 5.30. The lowest BCUT2D eigenvalue weighted by atomic mass is 10.1. The molecular formula is C17H17N5O2. The number of hydrogen-bond donors (Lipinski definition) is 3. The predicted octanol–water partition coefficient (Wildman–Crippen LogP) is 1.49. The van der Waals surface area contributed by atoms with Crippen LogP contribution in [0.1, 0.15) is 17.3 Å². The smallest absolute Gasteiger partial charge is 0.252 e. The van der Waals surface area contributed by atoms with Gasteiger partial charge in [-0.05, 0) is 6.07 Å². The number of H-pyrrole nitrogens is 1. The summed E-state index contributed by atoms with van der Waals surface area (Å²) in [5.41, 5.74) is 2.78. The Labute approximate surface area is 138 Å². The maximum absolute atomic E-state index is 12.2. The molecule has 0 aliphatic carbocycles. The summed E-state index contributed by atoms with van der Waals surface area (Å²) in [5, 5.41) is 13.3. The molecule has 1 aromatic carbocycles. The molecule has 0 bridgehead atoms. The average molecular weight is 323 g/mol. The summed E-state index contributed by atoms with van der Waals surface area (Å²) in [5.74, 6) is -0.367. The third-order valence-corrected chi connectivity index (χ3v) is 3.51. The SMILES string of the molecule is CC(=O)NCCNC(=O)c1cnc2[nH]nc(-c3ccccc3)c2c1. The highest BCUT2D eigenvalue weighted by atomic mass is 16.2. The van der Waals surface area contributed by atoms with Crippen molar-refractivity contribution in [3.63, 3.8) is 0 Å². The molecule has 2 heterocycles. The quantitative estimate of drug-likeness (QED) is 0.619. The summed E-state index contributed by atoms with van der Waals surface area (Å²) >= 11 is 0. The zero-order chi connectivity index (χ0) is 16.9. The van der Waals surface area contributed by atoms with Crippen molar-refractivity contribution in [3.05, 3.63) is 48.2 Å². The van der Waals surface area contributed by atoms with Gasteiger partial charge in [0.1, 0.15) is 5.69 Å². The Bertz CT molecular complexity index is 873. The standard InChI is InChI=1S/C17H17N5O2/c1-11(23)18-7-8-19-17(24)13-9-14-15(12-5-3-2-4-6-12)21-22-16(14)20-10-13/h2-6,9-10H,7-8H2,1H3,(H,18,23)(H,19,24)(H,20,21,22). The Morgan fingerprint density at radius 1 is 1.12 bits per heavy atom. The maximum atomic E-state index is 12.2. The molecule has 0 saturated carbocycles. The van der Waals surface area contributed by atoms with Crippen molar-refractivity contribution in [2.75, 3.05) is 13.1 Å². The Kier molecular flexibility index (Phi) is 4.51. The van der Waals surface area contributed by atoms with Gasteiger partial charge in [0, 0.05) is 37.2 Å². The van der Waals surface area contributed by atoms with Crippen LogP contribution >= 0.6 is 0 Å². The normalized spacial score (nSPS) is 10.5. The first kappa shape index (κ1) is 15.7. The molecule has 3 aromatic rings. The number of pyridine rings is 1. The van der Waals surface area contributed by atoms with E-state index in [-0.39, 0.29) is 11.8 Å². The summed E-state index contributed by atoms with van der Waals surface area (Å²) in [7, 11) is 0. The first-order chi connectivity index (χ1) is 11.6. The molecular weight excluding hydrogens is 306 g/mol. The topological polar surface area (TPSA) is 99.8 Å². The van der Waals surface area contributed by atoms with Gasteiger partial charge in [-0.1, -0.05) is 30.3 Å². The van der Waals surface area contributed by atoms with Crippen molar-refractivity contribution in [1.29, 1.82) is 0 Å². The van der Waals surface area contributed by atoms with E-state index in [0.29, 0.717) is 24.3 Å². The van der Waals surface area contributed by atoms with Gasteiger partial charge in [-0.3, -0.25) is 14.7 Å². The number of hydrogen-bond acceptors (Lipinski definition) is 4. The molecule has 0 aliphatic heterocycles. The third-order valence-electron chi connectivity index (χ3n) is 3.51. The summed E-state index contributed by atoms with van der Waals surface area (Å²) in [6, 6.07) is 11.5. The van der Waals surface area contributed by atoms with Gasteiger partial charge in [-0.15, -0.1) is 0 Å². The minimum atomic E-state index is -0.241. The molecule has 7 nitrogen and oxygen atoms in total. The summed E-state index contributed by atoms with van der Waals surface area (Å²) in [6.07, 6.45) is 1.50. The number of rotatable bonds is 5. The van der Waals surface area contributed by atoms with Crippen molar-refractivity contribution in [2.45, 2.75) is 6.92 Å². The maximum Gasteiger partial charge on any atom is 0.252 e. The molecule has 2 aromatic heterocycles. The minimum absolute atomic E-state index is 0.127. The van der Waals surface area contributed by atoms with Gasteiger partial charge in [-0.2, -0.15) is 5.10 Å². The number of benzene rings is 1. The van der Waals surface area contributed by atoms with Crippen LogP contribution in [0.3, 0.4) is 0 Å². The number of amides is 2. The van der Waals surface area contributed by atoms with Crippen molar-refractivity contribution >= 4 is 22.8 Å². The van der Waals surface area contributed by atoms with Gasteiger partial charge < -0.3 is 10.6 Å². The summed E-state index contributed by atoms with van der Waals surface area (Å²) in [6.45, 7) is 2.18. The van der Waals surface area contributed by atoms with Crippen LogP contribution < -0.4 is 10.6 Å². The van der Waals surface area contributed by atoms with Gasteiger partial charge in [0.15, 0.2) is 5.65 Å². The lowest BCUT2D eigenvalue weighted by Crippen LogP contribution is -2.33. The number of aromatic amines is 1. The van der Waals surface area contributed by atoms with Crippen LogP contribution in [0.5, 0.6) is 0 Å². The molecule has 24 heavy (non-hydrogen) atoms. The number of carbonyl (C=O) groups excluding carboxylic acids is 2. The molecule has 0 spiro atoms. The number of nitrogens with zero attached hydrogens (tertiary/aromatic N) is 2. The minimum Gasteiger partial charge on any atom is -0.355 e. The Hall–Kier alpha value is -3.22. The Morgan fingerprint density at radius 2 is 1.88 bits per heavy atom. The van der Waals surface area contributed by atoms with E-state index in [1.807, 2.05) is 30.3 Å². The van der Waals surface area contributed by atoms with Crippen LogP contribution in [-0.4, -0.2) is 40.1 Å². The highest BCUT2D eigenvalue weighted by molar-refractivity contribution is 5.99. The fourth-order valence-electron chi connectivity index (χ4n) is 2.36. The molecule has 0 fully saturated rings. The van der Waals surface area contributed by atoms with E-state index in [0.717, 1.165) is 16.6 Å². The lowest BCUT2D eigenvalue weighted by molar-refractivity contribution is -0.118. The molecule has 0 atom stereocenters. The Balaban J connectivity index is 1.80. The fourth-order valence-corrected chi connectivity index (χ4v) is 2.36. The molecule has 0 unspecified atom stereocenters. The molecule has 0 aliphatic rings. The average Bonchev–Trinajstić information content (AvgIpc) is 3.02. The molecule has 0 saturated heterocycles. The van der Waals surface area contributed by atoms with Crippen molar-refractivity contribution < 1.29 is 9.59 Å². The number of fused-ring (bicyclic) bond motifs is 1. The van der Waals surface area contributed by atoms with Crippen LogP contribution in [0.25, 0.3) is 22.3 Å². The zero-order valence-corrected chi connectivity index (χ0v) is 13.2. The van der Waals surface area contributed by atoms with Crippen LogP contribution in [-0.2, 0) is 4.79 Å². The van der Waals surface area contributed by atoms with E-state index in [1.165, 1.54) is 13.1 Å². The summed E-state index contributed by atoms with van der Waals surface area (Å²) < 4.78 is 0. The first-order valence-electron chi connectivity index (χ1n) is 7.57. The van der Waals surface area contributed by atoms with Gasteiger partial charge in [0.2, 0.25) is 5.91 Å². The molecule has 2 amide bonds. The monoisotopic (exact) mass is 323 g/mol. The van der Waals surface area contributed by atoms with E-state index in [4.69, 9.17) is 0 Å². The van der Waals surface area contributed by atoms with Crippen LogP contribution in [0.15, 0.2) is 42.6 Å². The van der Waals surface area contributed by atoms with E-state index in [1.54, 1.807) is 6.07 Å². The molecule has 7 heteroatoms. The van der Waals surface area contributed by atoms with Crippen LogP contribution in [0.4, 0.5) is 0 Å². The number of nitrogens with one attached hydrogen (secondary N) is 3. The van der Waals surface area contributed by atoms with E-state index in [9.17, 15) is 9.59 Å². The van der Waals surface area contributed by atoms with E-state index >= 15 is 0 Å². The lowest BCUT2D eigenvalue weighted by Gasteiger charge is -2.06. The van der Waals surface area contributed by atoms with Crippen LogP contribution in [0, 0.1) is 0 Å². The van der Waals surface area contributed by atoms with Gasteiger partial charge in [0.25, 0.3) is 5.91 Å². The predicted molar refractivity (Wildman–Crippen MR) is 90.3 cm³/mol. The van der Waals surface area contributed by atoms with Gasteiger partial charge in [0.05, 0.1) is 5.56 Å². The molecule has 122 valence electrons. The fraction of sp³-hybridized carbons (Fsp3) is 0.176. The van der Waals surface area contributed by atoms with Crippen molar-refractivity contribution in [2.24, 2.45) is 0 Å². The summed E-state index contributed by atoms with van der Waals surface area (Å²) in [4.78, 5) is 27.3. The third kappa shape index (κ3) is 3.40. The van der Waals surface area contributed by atoms with E-state index in [2.05, 4.69) is 25.8 Å². The van der Waals surface area contributed by atoms with Crippen molar-refractivity contribution in [3.8, 4) is 11.3 Å². The first-order valence-corrected chi connectivity index (χ1v) is 7.57. The molecule has 0 radical (unpaired) electrons. The zero-order valence-electron chi connectivity index (χ0n) is 13.2. The van der Waals surface area contributed by atoms with Crippen LogP contribution in [0.2, 0.25) is 0 Å². The highest BCUT2D eigenvalue weighted by Gasteiger charge is 2.12. The number of carbonyl (C=O) groups is 2. The highest BCUT2D eigenvalue weighted by Crippen LogP contribution is 2.25. The molecule has 3 rings (SSSR count). The molecule has 3 N–H and O–H groups in total. The van der Waals surface area contributed by atoms with Gasteiger partial charge >= 0.3 is 0 Å². The number of aromatic nitrogens is 3. The van der Waals surface area contributed by atoms with E-state index < -0.39 is 0 Å². The Morgan fingerprint density at radius 3 is 2.62 bits per heavy atom. The second kappa shape index (κ2) is 6.91. The van der Waals surface area contributed by atoms with Gasteiger partial charge in [-0.25, -0.2) is 4.98 Å². The largest absolute Gasteiger partial charge is 0.355 e. The van der Waals surface area contributed by atoms with Crippen molar-refractivity contribution in [1.82, 2.24) is 25.8 Å². The second-order valence-electron chi connectivity index (χ2n) is 5.30.